The van der Waals surface area contributed by atoms with Gasteiger partial charge in [-0.25, -0.2) is 0 Å². The minimum absolute atomic E-state index is 0.0588. The van der Waals surface area contributed by atoms with Gasteiger partial charge in [0, 0.05) is 24.2 Å². The van der Waals surface area contributed by atoms with Crippen LogP contribution in [0.3, 0.4) is 0 Å². The van der Waals surface area contributed by atoms with Gasteiger partial charge in [-0.15, -0.1) is 0 Å². The third-order valence-corrected chi connectivity index (χ3v) is 3.75. The summed E-state index contributed by atoms with van der Waals surface area (Å²) < 4.78 is 5.38. The van der Waals surface area contributed by atoms with Crippen LogP contribution in [0.5, 0.6) is 5.75 Å². The second-order valence-corrected chi connectivity index (χ2v) is 5.76. The number of likely N-dealkylation sites (N-methyl/N-ethyl adjacent to an activating group) is 1. The van der Waals surface area contributed by atoms with E-state index in [9.17, 15) is 0 Å². The number of nitrogens with zero attached hydrogens (tertiary/aromatic N) is 1. The van der Waals surface area contributed by atoms with Gasteiger partial charge in [0.15, 0.2) is 0 Å². The molecule has 1 aromatic carbocycles. The Balaban J connectivity index is 1.96. The third kappa shape index (κ3) is 3.24. The predicted octanol–water partition coefficient (Wildman–Crippen LogP) is 2.25. The molecule has 1 unspecified atom stereocenters. The van der Waals surface area contributed by atoms with E-state index in [0.29, 0.717) is 5.92 Å². The Kier molecular flexibility index (Phi) is 3.93. The number of hydrogen-bond acceptors (Lipinski definition) is 3. The van der Waals surface area contributed by atoms with E-state index in [1.54, 1.807) is 7.11 Å². The molecule has 3 heteroatoms. The van der Waals surface area contributed by atoms with Crippen LogP contribution in [0.25, 0.3) is 0 Å². The standard InChI is InChI=1S/C15H24N2O/c1-15(16,13-8-9-13)11-17(2)10-12-6-4-5-7-14(12)18-3/h4-7,13H,8-11,16H2,1-3H3. The Morgan fingerprint density at radius 1 is 1.39 bits per heavy atom. The summed E-state index contributed by atoms with van der Waals surface area (Å²) in [5.74, 6) is 1.66. The first-order chi connectivity index (χ1) is 8.53. The van der Waals surface area contributed by atoms with E-state index >= 15 is 0 Å². The Morgan fingerprint density at radius 2 is 2.06 bits per heavy atom. The summed E-state index contributed by atoms with van der Waals surface area (Å²) in [6.45, 7) is 3.97. The first-order valence-corrected chi connectivity index (χ1v) is 6.62. The summed E-state index contributed by atoms with van der Waals surface area (Å²) in [7, 11) is 3.84. The van der Waals surface area contributed by atoms with Gasteiger partial charge in [-0.2, -0.15) is 0 Å². The number of benzene rings is 1. The normalized spacial score (nSPS) is 18.7. The van der Waals surface area contributed by atoms with Crippen LogP contribution in [-0.2, 0) is 6.54 Å². The van der Waals surface area contributed by atoms with Crippen molar-refractivity contribution >= 4 is 0 Å². The van der Waals surface area contributed by atoms with Gasteiger partial charge in [-0.3, -0.25) is 0 Å². The van der Waals surface area contributed by atoms with Gasteiger partial charge >= 0.3 is 0 Å². The maximum atomic E-state index is 6.37. The molecule has 1 fully saturated rings. The number of hydrogen-bond donors (Lipinski definition) is 1. The lowest BCUT2D eigenvalue weighted by atomic mass is 9.96. The van der Waals surface area contributed by atoms with E-state index in [1.165, 1.54) is 18.4 Å². The van der Waals surface area contributed by atoms with Gasteiger partial charge < -0.3 is 15.4 Å². The molecule has 18 heavy (non-hydrogen) atoms. The van der Waals surface area contributed by atoms with E-state index in [4.69, 9.17) is 10.5 Å². The van der Waals surface area contributed by atoms with Crippen LogP contribution < -0.4 is 10.5 Å². The zero-order chi connectivity index (χ0) is 13.2. The highest BCUT2D eigenvalue weighted by molar-refractivity contribution is 5.33. The maximum absolute atomic E-state index is 6.37. The second kappa shape index (κ2) is 5.29. The second-order valence-electron chi connectivity index (χ2n) is 5.76. The number of para-hydroxylation sites is 1. The minimum Gasteiger partial charge on any atom is -0.496 e. The summed E-state index contributed by atoms with van der Waals surface area (Å²) in [5, 5.41) is 0. The smallest absolute Gasteiger partial charge is 0.123 e. The fraction of sp³-hybridized carbons (Fsp3) is 0.600. The molecule has 0 bridgehead atoms. The number of rotatable bonds is 6. The predicted molar refractivity (Wildman–Crippen MR) is 74.6 cm³/mol. The average Bonchev–Trinajstić information content (AvgIpc) is 3.12. The SMILES string of the molecule is COc1ccccc1CN(C)CC(C)(N)C1CC1. The molecule has 3 nitrogen and oxygen atoms in total. The van der Waals surface area contributed by atoms with Crippen LogP contribution >= 0.6 is 0 Å². The summed E-state index contributed by atoms with van der Waals surface area (Å²) in [6.07, 6.45) is 2.57. The largest absolute Gasteiger partial charge is 0.496 e. The zero-order valence-electron chi connectivity index (χ0n) is 11.6. The molecule has 0 heterocycles. The van der Waals surface area contributed by atoms with Crippen molar-refractivity contribution < 1.29 is 4.74 Å². The molecule has 1 aromatic rings. The van der Waals surface area contributed by atoms with Gasteiger partial charge in [-0.1, -0.05) is 18.2 Å². The Labute approximate surface area is 110 Å². The van der Waals surface area contributed by atoms with Gasteiger partial charge in [0.1, 0.15) is 5.75 Å². The van der Waals surface area contributed by atoms with Crippen LogP contribution in [0.4, 0.5) is 0 Å². The quantitative estimate of drug-likeness (QED) is 0.839. The monoisotopic (exact) mass is 248 g/mol. The van der Waals surface area contributed by atoms with Crippen molar-refractivity contribution in [2.75, 3.05) is 20.7 Å². The summed E-state index contributed by atoms with van der Waals surface area (Å²) >= 11 is 0. The maximum Gasteiger partial charge on any atom is 0.123 e. The molecule has 0 saturated heterocycles. The topological polar surface area (TPSA) is 38.5 Å². The zero-order valence-corrected chi connectivity index (χ0v) is 11.6. The molecular formula is C15H24N2O. The first-order valence-electron chi connectivity index (χ1n) is 6.62. The molecular weight excluding hydrogens is 224 g/mol. The van der Waals surface area contributed by atoms with E-state index in [-0.39, 0.29) is 5.54 Å². The van der Waals surface area contributed by atoms with Gasteiger partial charge in [0.25, 0.3) is 0 Å². The van der Waals surface area contributed by atoms with Gasteiger partial charge in [-0.05, 0) is 38.8 Å². The summed E-state index contributed by atoms with van der Waals surface area (Å²) in [4.78, 5) is 2.29. The van der Waals surface area contributed by atoms with E-state index in [2.05, 4.69) is 24.9 Å². The van der Waals surface area contributed by atoms with Crippen molar-refractivity contribution in [1.82, 2.24) is 4.90 Å². The molecule has 0 aliphatic heterocycles. The molecule has 0 aromatic heterocycles. The first kappa shape index (κ1) is 13.4. The number of methoxy groups -OCH3 is 1. The molecule has 2 rings (SSSR count). The van der Waals surface area contributed by atoms with Crippen molar-refractivity contribution in [1.29, 1.82) is 0 Å². The van der Waals surface area contributed by atoms with Crippen LogP contribution in [0.15, 0.2) is 24.3 Å². The highest BCUT2D eigenvalue weighted by Crippen LogP contribution is 2.38. The van der Waals surface area contributed by atoms with Gasteiger partial charge in [0.05, 0.1) is 7.11 Å². The van der Waals surface area contributed by atoms with E-state index < -0.39 is 0 Å². The highest BCUT2D eigenvalue weighted by atomic mass is 16.5. The van der Waals surface area contributed by atoms with Crippen molar-refractivity contribution in [3.05, 3.63) is 29.8 Å². The van der Waals surface area contributed by atoms with Crippen molar-refractivity contribution in [3.8, 4) is 5.75 Å². The number of ether oxygens (including phenoxy) is 1. The molecule has 0 spiro atoms. The van der Waals surface area contributed by atoms with Crippen LogP contribution in [0.1, 0.15) is 25.3 Å². The van der Waals surface area contributed by atoms with Crippen LogP contribution in [0.2, 0.25) is 0 Å². The molecule has 0 amide bonds. The highest BCUT2D eigenvalue weighted by Gasteiger charge is 2.38. The molecule has 1 aliphatic rings. The van der Waals surface area contributed by atoms with Crippen molar-refractivity contribution in [2.24, 2.45) is 11.7 Å². The molecule has 1 atom stereocenters. The summed E-state index contributed by atoms with van der Waals surface area (Å²) in [6, 6.07) is 8.17. The molecule has 1 saturated carbocycles. The molecule has 0 radical (unpaired) electrons. The van der Waals surface area contributed by atoms with E-state index in [1.807, 2.05) is 18.2 Å². The number of nitrogens with two attached hydrogens (primary N) is 1. The van der Waals surface area contributed by atoms with Gasteiger partial charge in [0.2, 0.25) is 0 Å². The Morgan fingerprint density at radius 3 is 2.67 bits per heavy atom. The molecule has 100 valence electrons. The fourth-order valence-electron chi connectivity index (χ4n) is 2.63. The minimum atomic E-state index is -0.0588. The van der Waals surface area contributed by atoms with Crippen LogP contribution in [-0.4, -0.2) is 31.1 Å². The lowest BCUT2D eigenvalue weighted by Gasteiger charge is -2.30. The Bertz CT molecular complexity index is 399. The molecule has 1 aliphatic carbocycles. The Hall–Kier alpha value is -1.06. The summed E-state index contributed by atoms with van der Waals surface area (Å²) in [5.41, 5.74) is 7.53. The van der Waals surface area contributed by atoms with Crippen molar-refractivity contribution in [3.63, 3.8) is 0 Å². The fourth-order valence-corrected chi connectivity index (χ4v) is 2.63. The third-order valence-electron chi connectivity index (χ3n) is 3.75. The lowest BCUT2D eigenvalue weighted by Crippen LogP contribution is -2.48. The van der Waals surface area contributed by atoms with E-state index in [0.717, 1.165) is 18.8 Å². The average molecular weight is 248 g/mol. The van der Waals surface area contributed by atoms with Crippen molar-refractivity contribution in [2.45, 2.75) is 31.8 Å². The molecule has 2 N–H and O–H groups in total. The van der Waals surface area contributed by atoms with Crippen LogP contribution in [0, 0.1) is 5.92 Å². The lowest BCUT2D eigenvalue weighted by molar-refractivity contribution is 0.230.